The van der Waals surface area contributed by atoms with Gasteiger partial charge in [-0.3, -0.25) is 14.3 Å². The molecule has 1 unspecified atom stereocenters. The smallest absolute Gasteiger partial charge is 0.267 e. The molecule has 2 aromatic heterocycles. The number of fused-ring (bicyclic) bond motifs is 1. The molecule has 0 bridgehead atoms. The quantitative estimate of drug-likeness (QED) is 0.476. The zero-order valence-electron chi connectivity index (χ0n) is 19.5. The van der Waals surface area contributed by atoms with Crippen LogP contribution in [0.3, 0.4) is 0 Å². The Morgan fingerprint density at radius 3 is 2.65 bits per heavy atom. The van der Waals surface area contributed by atoms with Crippen molar-refractivity contribution in [3.63, 3.8) is 0 Å². The van der Waals surface area contributed by atoms with E-state index in [9.17, 15) is 9.90 Å². The second kappa shape index (κ2) is 9.00. The Kier molecular flexibility index (Phi) is 5.89. The Hall–Kier alpha value is -3.55. The van der Waals surface area contributed by atoms with Crippen molar-refractivity contribution in [2.45, 2.75) is 39.3 Å². The number of hydrogen-bond donors (Lipinski definition) is 2. The molecule has 0 saturated carbocycles. The van der Waals surface area contributed by atoms with Gasteiger partial charge in [-0.25, -0.2) is 9.97 Å². The molecule has 2 aromatic carbocycles. The molecule has 1 atom stereocenters. The second-order valence-corrected chi connectivity index (χ2v) is 9.17. The summed E-state index contributed by atoms with van der Waals surface area (Å²) in [6, 6.07) is 13.3. The van der Waals surface area contributed by atoms with Crippen LogP contribution in [0, 0.1) is 13.8 Å². The fraction of sp³-hybridized carbons (Fsp3) is 0.296. The molecular formula is C27H29N5O2. The van der Waals surface area contributed by atoms with Crippen molar-refractivity contribution in [1.82, 2.24) is 19.4 Å². The first kappa shape index (κ1) is 22.3. The molecule has 0 spiro atoms. The number of benzene rings is 2. The maximum absolute atomic E-state index is 13.9. The van der Waals surface area contributed by atoms with Crippen LogP contribution in [0.1, 0.15) is 29.5 Å². The van der Waals surface area contributed by atoms with Gasteiger partial charge in [-0.15, -0.1) is 0 Å². The minimum Gasteiger partial charge on any atom is -0.508 e. The van der Waals surface area contributed by atoms with E-state index in [2.05, 4.69) is 46.9 Å². The van der Waals surface area contributed by atoms with Crippen molar-refractivity contribution < 1.29 is 5.11 Å². The molecule has 0 amide bonds. The molecule has 3 heterocycles. The maximum Gasteiger partial charge on any atom is 0.267 e. The lowest BCUT2D eigenvalue weighted by Crippen LogP contribution is -2.35. The van der Waals surface area contributed by atoms with Crippen LogP contribution in [0.5, 0.6) is 5.75 Å². The average molecular weight is 456 g/mol. The Labute approximate surface area is 198 Å². The molecule has 34 heavy (non-hydrogen) atoms. The summed E-state index contributed by atoms with van der Waals surface area (Å²) in [6.45, 7) is 6.29. The van der Waals surface area contributed by atoms with Gasteiger partial charge in [0.05, 0.1) is 11.1 Å². The molecule has 0 radical (unpaired) electrons. The number of phenols is 1. The summed E-state index contributed by atoms with van der Waals surface area (Å²) in [6.07, 6.45) is 5.47. The molecule has 4 aromatic rings. The van der Waals surface area contributed by atoms with E-state index in [0.29, 0.717) is 35.9 Å². The van der Waals surface area contributed by atoms with E-state index < -0.39 is 0 Å². The zero-order valence-corrected chi connectivity index (χ0v) is 19.5. The predicted molar refractivity (Wildman–Crippen MR) is 134 cm³/mol. The van der Waals surface area contributed by atoms with Crippen molar-refractivity contribution in [1.29, 1.82) is 0 Å². The number of nitrogens with zero attached hydrogens (tertiary/aromatic N) is 4. The lowest BCUT2D eigenvalue weighted by Gasteiger charge is -2.25. The summed E-state index contributed by atoms with van der Waals surface area (Å²) < 4.78 is 1.48. The minimum atomic E-state index is -0.201. The summed E-state index contributed by atoms with van der Waals surface area (Å²) in [5.74, 6) is 0.0923. The van der Waals surface area contributed by atoms with Crippen LogP contribution in [0.15, 0.2) is 59.8 Å². The van der Waals surface area contributed by atoms with Gasteiger partial charge in [0.15, 0.2) is 5.65 Å². The summed E-state index contributed by atoms with van der Waals surface area (Å²) in [5, 5.41) is 10.5. The summed E-state index contributed by atoms with van der Waals surface area (Å²) in [5.41, 5.74) is 12.1. The highest BCUT2D eigenvalue weighted by Crippen LogP contribution is 2.31. The van der Waals surface area contributed by atoms with E-state index in [1.165, 1.54) is 10.9 Å². The van der Waals surface area contributed by atoms with Crippen LogP contribution < -0.4 is 11.3 Å². The normalized spacial score (nSPS) is 16.4. The summed E-state index contributed by atoms with van der Waals surface area (Å²) >= 11 is 0. The summed E-state index contributed by atoms with van der Waals surface area (Å²) in [7, 11) is 0. The van der Waals surface area contributed by atoms with Crippen molar-refractivity contribution >= 4 is 11.0 Å². The van der Waals surface area contributed by atoms with E-state index in [0.717, 1.165) is 47.2 Å². The number of nitrogens with two attached hydrogens (primary N) is 1. The molecule has 1 aliphatic rings. The van der Waals surface area contributed by atoms with Crippen molar-refractivity contribution in [3.05, 3.63) is 82.0 Å². The lowest BCUT2D eigenvalue weighted by molar-refractivity contribution is 0.251. The van der Waals surface area contributed by atoms with Crippen LogP contribution in [-0.4, -0.2) is 43.7 Å². The molecule has 3 N–H and O–H groups in total. The van der Waals surface area contributed by atoms with E-state index in [1.54, 1.807) is 24.3 Å². The highest BCUT2D eigenvalue weighted by molar-refractivity contribution is 5.86. The number of aryl methyl sites for hydroxylation is 2. The molecule has 0 aliphatic carbocycles. The molecule has 1 saturated heterocycles. The van der Waals surface area contributed by atoms with Gasteiger partial charge in [-0.05, 0) is 56.5 Å². The van der Waals surface area contributed by atoms with E-state index in [1.807, 2.05) is 6.20 Å². The van der Waals surface area contributed by atoms with Gasteiger partial charge in [0, 0.05) is 37.0 Å². The lowest BCUT2D eigenvalue weighted by atomic mass is 9.96. The van der Waals surface area contributed by atoms with Gasteiger partial charge in [0.2, 0.25) is 0 Å². The number of hydrogen-bond acceptors (Lipinski definition) is 6. The minimum absolute atomic E-state index is 0.0923. The predicted octanol–water partition coefficient (Wildman–Crippen LogP) is 3.69. The number of aromatic hydroxyl groups is 1. The molecular weight excluding hydrogens is 426 g/mol. The first-order valence-electron chi connectivity index (χ1n) is 11.7. The van der Waals surface area contributed by atoms with E-state index in [-0.39, 0.29) is 11.3 Å². The second-order valence-electron chi connectivity index (χ2n) is 9.17. The van der Waals surface area contributed by atoms with Crippen molar-refractivity contribution in [2.24, 2.45) is 5.73 Å². The first-order valence-corrected chi connectivity index (χ1v) is 11.7. The Morgan fingerprint density at radius 1 is 1.12 bits per heavy atom. The molecule has 5 rings (SSSR count). The highest BCUT2D eigenvalue weighted by Gasteiger charge is 2.26. The molecule has 7 heteroatoms. The molecule has 1 fully saturated rings. The zero-order chi connectivity index (χ0) is 23.8. The largest absolute Gasteiger partial charge is 0.508 e. The van der Waals surface area contributed by atoms with E-state index in [4.69, 9.17) is 5.73 Å². The maximum atomic E-state index is 13.9. The topological polar surface area (TPSA) is 97.3 Å². The number of phenolic OH excluding ortho intramolecular Hbond substituents is 1. The molecule has 1 aliphatic heterocycles. The fourth-order valence-electron chi connectivity index (χ4n) is 5.09. The Balaban J connectivity index is 1.77. The average Bonchev–Trinajstić information content (AvgIpc) is 3.26. The highest BCUT2D eigenvalue weighted by atomic mass is 16.3. The molecule has 7 nitrogen and oxygen atoms in total. The monoisotopic (exact) mass is 455 g/mol. The van der Waals surface area contributed by atoms with Crippen molar-refractivity contribution in [3.8, 4) is 22.6 Å². The van der Waals surface area contributed by atoms with Gasteiger partial charge >= 0.3 is 0 Å². The number of likely N-dealkylation sites (tertiary alicyclic amines) is 1. The van der Waals surface area contributed by atoms with Crippen molar-refractivity contribution in [2.75, 3.05) is 13.1 Å². The third-order valence-corrected chi connectivity index (χ3v) is 6.67. The van der Waals surface area contributed by atoms with Gasteiger partial charge in [0.1, 0.15) is 12.1 Å². The SMILES string of the molecule is Cc1cc(C)cc(-c2cnc3ncn(-c4cccc(O)c4)c(=O)c3c2CN2CCCC2CN)c1. The standard InChI is InChI=1S/C27H29N5O2/c1-17-9-18(2)11-19(10-17)23-14-29-26-25(24(23)15-31-8-4-6-21(31)13-28)27(34)32(16-30-26)20-5-3-7-22(33)12-20/h3,5,7,9-12,14,16,21,33H,4,6,8,13,15,28H2,1-2H3. The van der Waals surface area contributed by atoms with E-state index >= 15 is 0 Å². The molecule has 174 valence electrons. The van der Waals surface area contributed by atoms with Gasteiger partial charge in [0.25, 0.3) is 5.56 Å². The number of pyridine rings is 1. The third kappa shape index (κ3) is 4.08. The van der Waals surface area contributed by atoms with Crippen LogP contribution >= 0.6 is 0 Å². The number of aromatic nitrogens is 3. The number of rotatable bonds is 5. The Morgan fingerprint density at radius 2 is 1.91 bits per heavy atom. The van der Waals surface area contributed by atoms with Crippen LogP contribution in [-0.2, 0) is 6.54 Å². The fourth-order valence-corrected chi connectivity index (χ4v) is 5.09. The van der Waals surface area contributed by atoms with Crippen LogP contribution in [0.2, 0.25) is 0 Å². The first-order chi connectivity index (χ1) is 16.4. The van der Waals surface area contributed by atoms with Gasteiger partial charge in [-0.1, -0.05) is 35.4 Å². The van der Waals surface area contributed by atoms with Gasteiger partial charge in [-0.2, -0.15) is 0 Å². The van der Waals surface area contributed by atoms with Crippen LogP contribution in [0.25, 0.3) is 27.8 Å². The van der Waals surface area contributed by atoms with Gasteiger partial charge < -0.3 is 10.8 Å². The Bertz CT molecular complexity index is 1410. The van der Waals surface area contributed by atoms with Crippen LogP contribution in [0.4, 0.5) is 0 Å². The third-order valence-electron chi connectivity index (χ3n) is 6.67. The summed E-state index contributed by atoms with van der Waals surface area (Å²) in [4.78, 5) is 25.3.